The fraction of sp³-hybridized carbons (Fsp3) is 0.789. The smallest absolute Gasteiger partial charge is 0.191 e. The highest BCUT2D eigenvalue weighted by molar-refractivity contribution is 5.79. The maximum atomic E-state index is 5.37. The van der Waals surface area contributed by atoms with Gasteiger partial charge in [0.15, 0.2) is 11.7 Å². The number of nitrogens with zero attached hydrogens (tertiary/aromatic N) is 3. The second-order valence-corrected chi connectivity index (χ2v) is 8.16. The van der Waals surface area contributed by atoms with E-state index in [4.69, 9.17) is 4.52 Å². The largest absolute Gasteiger partial charge is 0.359 e. The lowest BCUT2D eigenvalue weighted by molar-refractivity contribution is 0.0739. The number of aromatic nitrogens is 1. The highest BCUT2D eigenvalue weighted by Crippen LogP contribution is 2.23. The summed E-state index contributed by atoms with van der Waals surface area (Å²) < 4.78 is 5.37. The van der Waals surface area contributed by atoms with Crippen LogP contribution in [0.5, 0.6) is 0 Å². The summed E-state index contributed by atoms with van der Waals surface area (Å²) in [6, 6.07) is 2.00. The molecule has 0 saturated carbocycles. The number of guanidine groups is 1. The summed E-state index contributed by atoms with van der Waals surface area (Å²) in [5, 5.41) is 10.9. The Morgan fingerprint density at radius 1 is 1.44 bits per heavy atom. The van der Waals surface area contributed by atoms with Gasteiger partial charge in [0.1, 0.15) is 0 Å². The van der Waals surface area contributed by atoms with Gasteiger partial charge in [-0.1, -0.05) is 25.9 Å². The highest BCUT2D eigenvalue weighted by atomic mass is 16.5. The Morgan fingerprint density at radius 3 is 2.80 bits per heavy atom. The van der Waals surface area contributed by atoms with Crippen molar-refractivity contribution in [2.45, 2.75) is 65.5 Å². The number of hydrogen-bond donors (Lipinski definition) is 2. The van der Waals surface area contributed by atoms with E-state index in [-0.39, 0.29) is 5.54 Å². The van der Waals surface area contributed by atoms with Crippen LogP contribution < -0.4 is 10.6 Å². The zero-order valence-electron chi connectivity index (χ0n) is 16.7. The van der Waals surface area contributed by atoms with E-state index < -0.39 is 0 Å². The molecule has 142 valence electrons. The van der Waals surface area contributed by atoms with Crippen LogP contribution in [0.25, 0.3) is 0 Å². The first-order chi connectivity index (χ1) is 11.8. The predicted molar refractivity (Wildman–Crippen MR) is 103 cm³/mol. The topological polar surface area (TPSA) is 65.7 Å². The summed E-state index contributed by atoms with van der Waals surface area (Å²) in [6.45, 7) is 15.0. The van der Waals surface area contributed by atoms with Crippen molar-refractivity contribution in [2.75, 3.05) is 26.7 Å². The molecular formula is C19H35N5O. The van der Waals surface area contributed by atoms with Crippen molar-refractivity contribution in [2.24, 2.45) is 10.9 Å². The summed E-state index contributed by atoms with van der Waals surface area (Å²) in [6.07, 6.45) is 2.64. The van der Waals surface area contributed by atoms with E-state index in [1.807, 2.05) is 6.07 Å². The molecule has 0 amide bonds. The number of hydrogen-bond acceptors (Lipinski definition) is 4. The van der Waals surface area contributed by atoms with Gasteiger partial charge in [-0.05, 0) is 45.1 Å². The highest BCUT2D eigenvalue weighted by Gasteiger charge is 2.30. The number of nitrogens with one attached hydrogen (secondary N) is 2. The van der Waals surface area contributed by atoms with Gasteiger partial charge in [0.25, 0.3) is 0 Å². The number of piperidine rings is 1. The maximum Gasteiger partial charge on any atom is 0.191 e. The third-order valence-electron chi connectivity index (χ3n) is 5.02. The van der Waals surface area contributed by atoms with Crippen LogP contribution in [-0.2, 0) is 6.54 Å². The molecule has 1 unspecified atom stereocenters. The lowest BCUT2D eigenvalue weighted by Crippen LogP contribution is -2.55. The Morgan fingerprint density at radius 2 is 2.20 bits per heavy atom. The van der Waals surface area contributed by atoms with Crippen LogP contribution in [0.1, 0.15) is 64.8 Å². The maximum absolute atomic E-state index is 5.37. The summed E-state index contributed by atoms with van der Waals surface area (Å²) >= 11 is 0. The van der Waals surface area contributed by atoms with Gasteiger partial charge in [0.05, 0.1) is 12.2 Å². The fourth-order valence-electron chi connectivity index (χ4n) is 3.23. The van der Waals surface area contributed by atoms with Gasteiger partial charge in [-0.2, -0.15) is 0 Å². The van der Waals surface area contributed by atoms with Crippen molar-refractivity contribution in [3.05, 3.63) is 17.5 Å². The molecule has 0 spiro atoms. The SMILES string of the molecule is CN=C(NCc1cc(C(C)C)no1)NCC(C)(C)N1CCCC(C)C1. The second kappa shape index (κ2) is 8.70. The van der Waals surface area contributed by atoms with E-state index in [2.05, 4.69) is 60.3 Å². The standard InChI is InChI=1S/C19H35N5O/c1-14(2)17-10-16(25-23-17)11-21-18(20-6)22-13-19(4,5)24-9-7-8-15(3)12-24/h10,14-15H,7-9,11-13H2,1-6H3,(H2,20,21,22). The van der Waals surface area contributed by atoms with Gasteiger partial charge in [0.2, 0.25) is 0 Å². The molecule has 1 atom stereocenters. The zero-order valence-corrected chi connectivity index (χ0v) is 16.7. The number of likely N-dealkylation sites (tertiary alicyclic amines) is 1. The Kier molecular flexibility index (Phi) is 6.87. The van der Waals surface area contributed by atoms with Crippen molar-refractivity contribution < 1.29 is 4.52 Å². The molecular weight excluding hydrogens is 314 g/mol. The lowest BCUT2D eigenvalue weighted by atomic mass is 9.93. The van der Waals surface area contributed by atoms with Crippen molar-refractivity contribution in [1.29, 1.82) is 0 Å². The van der Waals surface area contributed by atoms with Gasteiger partial charge >= 0.3 is 0 Å². The van der Waals surface area contributed by atoms with Gasteiger partial charge in [0, 0.05) is 31.7 Å². The molecule has 1 saturated heterocycles. The quantitative estimate of drug-likeness (QED) is 0.610. The molecule has 1 aromatic heterocycles. The minimum absolute atomic E-state index is 0.101. The normalized spacial score (nSPS) is 20.1. The third kappa shape index (κ3) is 5.73. The first-order valence-corrected chi connectivity index (χ1v) is 9.47. The van der Waals surface area contributed by atoms with Gasteiger partial charge in [-0.25, -0.2) is 0 Å². The van der Waals surface area contributed by atoms with Crippen LogP contribution in [0.3, 0.4) is 0 Å². The molecule has 1 fully saturated rings. The van der Waals surface area contributed by atoms with Crippen LogP contribution in [-0.4, -0.2) is 48.2 Å². The van der Waals surface area contributed by atoms with E-state index >= 15 is 0 Å². The summed E-state index contributed by atoms with van der Waals surface area (Å²) in [4.78, 5) is 6.91. The lowest BCUT2D eigenvalue weighted by Gasteiger charge is -2.43. The van der Waals surface area contributed by atoms with E-state index in [0.29, 0.717) is 12.5 Å². The molecule has 2 rings (SSSR count). The Bertz CT molecular complexity index is 564. The Balaban J connectivity index is 1.82. The van der Waals surface area contributed by atoms with E-state index in [1.165, 1.54) is 25.9 Å². The van der Waals surface area contributed by atoms with Crippen molar-refractivity contribution in [3.63, 3.8) is 0 Å². The minimum Gasteiger partial charge on any atom is -0.359 e. The van der Waals surface area contributed by atoms with Gasteiger partial charge in [-0.3, -0.25) is 9.89 Å². The molecule has 0 radical (unpaired) electrons. The third-order valence-corrected chi connectivity index (χ3v) is 5.02. The molecule has 1 aliphatic rings. The summed E-state index contributed by atoms with van der Waals surface area (Å²) in [7, 11) is 1.80. The van der Waals surface area contributed by atoms with Crippen molar-refractivity contribution in [1.82, 2.24) is 20.7 Å². The fourth-order valence-corrected chi connectivity index (χ4v) is 3.23. The average Bonchev–Trinajstić information content (AvgIpc) is 3.04. The van der Waals surface area contributed by atoms with Crippen LogP contribution >= 0.6 is 0 Å². The van der Waals surface area contributed by atoms with E-state index in [9.17, 15) is 0 Å². The molecule has 0 aliphatic carbocycles. The first kappa shape index (κ1) is 19.8. The molecule has 1 aromatic rings. The molecule has 2 heterocycles. The Labute approximate surface area is 152 Å². The van der Waals surface area contributed by atoms with Crippen LogP contribution in [0.15, 0.2) is 15.6 Å². The molecule has 6 nitrogen and oxygen atoms in total. The van der Waals surface area contributed by atoms with Crippen LogP contribution in [0, 0.1) is 5.92 Å². The first-order valence-electron chi connectivity index (χ1n) is 9.47. The van der Waals surface area contributed by atoms with Crippen molar-refractivity contribution in [3.8, 4) is 0 Å². The summed E-state index contributed by atoms with van der Waals surface area (Å²) in [5.74, 6) is 2.78. The van der Waals surface area contributed by atoms with Gasteiger partial charge < -0.3 is 15.2 Å². The predicted octanol–water partition coefficient (Wildman–Crippen LogP) is 2.97. The van der Waals surface area contributed by atoms with E-state index in [1.54, 1.807) is 7.05 Å². The Hall–Kier alpha value is -1.56. The van der Waals surface area contributed by atoms with Crippen LogP contribution in [0.4, 0.5) is 0 Å². The molecule has 0 bridgehead atoms. The summed E-state index contributed by atoms with van der Waals surface area (Å²) in [5.41, 5.74) is 1.09. The molecule has 6 heteroatoms. The molecule has 2 N–H and O–H groups in total. The van der Waals surface area contributed by atoms with Crippen LogP contribution in [0.2, 0.25) is 0 Å². The number of rotatable bonds is 6. The zero-order chi connectivity index (χ0) is 18.4. The van der Waals surface area contributed by atoms with E-state index in [0.717, 1.165) is 29.9 Å². The second-order valence-electron chi connectivity index (χ2n) is 8.16. The molecule has 0 aromatic carbocycles. The number of aliphatic imine (C=N–C) groups is 1. The minimum atomic E-state index is 0.101. The van der Waals surface area contributed by atoms with Gasteiger partial charge in [-0.15, -0.1) is 0 Å². The van der Waals surface area contributed by atoms with Crippen molar-refractivity contribution >= 4 is 5.96 Å². The average molecular weight is 350 g/mol. The molecule has 25 heavy (non-hydrogen) atoms. The molecule has 1 aliphatic heterocycles. The monoisotopic (exact) mass is 349 g/mol.